The SMILES string of the molecule is CC(=O)N[C@H](C)Cc1c(C(=O)N(C)CC2CCOCC2)[nH]c2ccccc12. The summed E-state index contributed by atoms with van der Waals surface area (Å²) in [5, 5.41) is 3.95. The number of carbonyl (C=O) groups excluding carboxylic acids is 2. The standard InChI is InChI=1S/C21H29N3O3/c1-14(22-15(2)25)12-18-17-6-4-5-7-19(17)23-20(18)21(26)24(3)13-16-8-10-27-11-9-16/h4-7,14,16,23H,8-13H2,1-3H3,(H,22,25)/t14-/m1/s1. The maximum atomic E-state index is 13.2. The second-order valence-corrected chi connectivity index (χ2v) is 7.57. The van der Waals surface area contributed by atoms with Crippen molar-refractivity contribution in [3.63, 3.8) is 0 Å². The first kappa shape index (κ1) is 19.4. The summed E-state index contributed by atoms with van der Waals surface area (Å²) in [6, 6.07) is 7.89. The number of H-pyrrole nitrogens is 1. The molecule has 0 radical (unpaired) electrons. The van der Waals surface area contributed by atoms with E-state index in [-0.39, 0.29) is 17.9 Å². The lowest BCUT2D eigenvalue weighted by molar-refractivity contribution is -0.119. The van der Waals surface area contributed by atoms with Crippen LogP contribution in [0.15, 0.2) is 24.3 Å². The summed E-state index contributed by atoms with van der Waals surface area (Å²) >= 11 is 0. The van der Waals surface area contributed by atoms with Crippen LogP contribution in [0.3, 0.4) is 0 Å². The minimum atomic E-state index is -0.0631. The fourth-order valence-corrected chi connectivity index (χ4v) is 3.89. The van der Waals surface area contributed by atoms with Gasteiger partial charge in [0.25, 0.3) is 5.91 Å². The van der Waals surface area contributed by atoms with E-state index in [9.17, 15) is 9.59 Å². The zero-order chi connectivity index (χ0) is 19.4. The number of para-hydroxylation sites is 1. The molecule has 1 aromatic carbocycles. The number of fused-ring (bicyclic) bond motifs is 1. The maximum Gasteiger partial charge on any atom is 0.270 e. The van der Waals surface area contributed by atoms with Gasteiger partial charge in [-0.1, -0.05) is 18.2 Å². The van der Waals surface area contributed by atoms with E-state index in [4.69, 9.17) is 4.74 Å². The van der Waals surface area contributed by atoms with Crippen molar-refractivity contribution in [3.05, 3.63) is 35.5 Å². The molecule has 1 atom stereocenters. The monoisotopic (exact) mass is 371 g/mol. The van der Waals surface area contributed by atoms with Crippen LogP contribution >= 0.6 is 0 Å². The van der Waals surface area contributed by atoms with Gasteiger partial charge in [0.05, 0.1) is 0 Å². The number of ether oxygens (including phenoxy) is 1. The zero-order valence-electron chi connectivity index (χ0n) is 16.4. The van der Waals surface area contributed by atoms with Crippen LogP contribution in [0.4, 0.5) is 0 Å². The van der Waals surface area contributed by atoms with Crippen molar-refractivity contribution in [3.8, 4) is 0 Å². The van der Waals surface area contributed by atoms with Crippen molar-refractivity contribution < 1.29 is 14.3 Å². The van der Waals surface area contributed by atoms with E-state index in [0.29, 0.717) is 18.0 Å². The summed E-state index contributed by atoms with van der Waals surface area (Å²) in [5.74, 6) is 0.424. The average Bonchev–Trinajstić information content (AvgIpc) is 2.99. The summed E-state index contributed by atoms with van der Waals surface area (Å²) in [5.41, 5.74) is 2.55. The molecule has 6 heteroatoms. The molecule has 27 heavy (non-hydrogen) atoms. The van der Waals surface area contributed by atoms with Gasteiger partial charge in [-0.25, -0.2) is 0 Å². The Labute approximate surface area is 160 Å². The fourth-order valence-electron chi connectivity index (χ4n) is 3.89. The minimum Gasteiger partial charge on any atom is -0.381 e. The van der Waals surface area contributed by atoms with Crippen LogP contribution in [0.25, 0.3) is 10.9 Å². The Bertz CT molecular complexity index is 808. The third-order valence-corrected chi connectivity index (χ3v) is 5.21. The van der Waals surface area contributed by atoms with Gasteiger partial charge >= 0.3 is 0 Å². The highest BCUT2D eigenvalue weighted by Crippen LogP contribution is 2.25. The van der Waals surface area contributed by atoms with Crippen molar-refractivity contribution in [1.29, 1.82) is 0 Å². The molecule has 1 fully saturated rings. The van der Waals surface area contributed by atoms with E-state index < -0.39 is 0 Å². The Kier molecular flexibility index (Phi) is 6.16. The van der Waals surface area contributed by atoms with Crippen molar-refractivity contribution >= 4 is 22.7 Å². The number of hydrogen-bond acceptors (Lipinski definition) is 3. The third-order valence-electron chi connectivity index (χ3n) is 5.21. The van der Waals surface area contributed by atoms with Crippen LogP contribution in [-0.2, 0) is 16.0 Å². The molecule has 1 aliphatic rings. The molecule has 0 saturated carbocycles. The Hall–Kier alpha value is -2.34. The second kappa shape index (κ2) is 8.57. The topological polar surface area (TPSA) is 74.4 Å². The van der Waals surface area contributed by atoms with Crippen LogP contribution in [0, 0.1) is 5.92 Å². The Morgan fingerprint density at radius 1 is 1.30 bits per heavy atom. The van der Waals surface area contributed by atoms with E-state index in [1.165, 1.54) is 6.92 Å². The summed E-state index contributed by atoms with van der Waals surface area (Å²) in [7, 11) is 1.87. The van der Waals surface area contributed by atoms with E-state index in [1.807, 2.05) is 43.1 Å². The van der Waals surface area contributed by atoms with E-state index in [2.05, 4.69) is 10.3 Å². The quantitative estimate of drug-likeness (QED) is 0.820. The van der Waals surface area contributed by atoms with Crippen molar-refractivity contribution in [2.45, 2.75) is 39.2 Å². The lowest BCUT2D eigenvalue weighted by Gasteiger charge is -2.27. The van der Waals surface area contributed by atoms with Crippen LogP contribution in [-0.4, -0.2) is 54.5 Å². The van der Waals surface area contributed by atoms with Gasteiger partial charge in [0.2, 0.25) is 5.91 Å². The molecule has 0 unspecified atom stereocenters. The first-order valence-electron chi connectivity index (χ1n) is 9.65. The first-order chi connectivity index (χ1) is 13.0. The lowest BCUT2D eigenvalue weighted by atomic mass is 9.99. The number of nitrogens with one attached hydrogen (secondary N) is 2. The molecule has 3 rings (SSSR count). The van der Waals surface area contributed by atoms with Crippen LogP contribution in [0.1, 0.15) is 42.7 Å². The van der Waals surface area contributed by atoms with Gasteiger partial charge in [0.1, 0.15) is 5.69 Å². The van der Waals surface area contributed by atoms with Crippen molar-refractivity contribution in [1.82, 2.24) is 15.2 Å². The maximum absolute atomic E-state index is 13.2. The zero-order valence-corrected chi connectivity index (χ0v) is 16.4. The van der Waals surface area contributed by atoms with Crippen LogP contribution < -0.4 is 5.32 Å². The second-order valence-electron chi connectivity index (χ2n) is 7.57. The molecule has 146 valence electrons. The molecule has 1 aliphatic heterocycles. The number of nitrogens with zero attached hydrogens (tertiary/aromatic N) is 1. The molecule has 1 aromatic heterocycles. The first-order valence-corrected chi connectivity index (χ1v) is 9.65. The number of carbonyl (C=O) groups is 2. The molecule has 0 bridgehead atoms. The number of rotatable bonds is 6. The highest BCUT2D eigenvalue weighted by atomic mass is 16.5. The van der Waals surface area contributed by atoms with Crippen molar-refractivity contribution in [2.75, 3.05) is 26.8 Å². The third kappa shape index (κ3) is 4.69. The van der Waals surface area contributed by atoms with Gasteiger partial charge in [-0.05, 0) is 43.7 Å². The smallest absolute Gasteiger partial charge is 0.270 e. The molecule has 6 nitrogen and oxygen atoms in total. The number of aromatic amines is 1. The normalized spacial score (nSPS) is 16.3. The van der Waals surface area contributed by atoms with Gasteiger partial charge in [-0.2, -0.15) is 0 Å². The molecular weight excluding hydrogens is 342 g/mol. The number of aromatic nitrogens is 1. The Morgan fingerprint density at radius 2 is 2.00 bits per heavy atom. The van der Waals surface area contributed by atoms with Crippen molar-refractivity contribution in [2.24, 2.45) is 5.92 Å². The molecule has 1 saturated heterocycles. The minimum absolute atomic E-state index is 0.00252. The summed E-state index contributed by atoms with van der Waals surface area (Å²) < 4.78 is 5.42. The van der Waals surface area contributed by atoms with Gasteiger partial charge in [0.15, 0.2) is 0 Å². The Morgan fingerprint density at radius 3 is 2.70 bits per heavy atom. The van der Waals surface area contributed by atoms with Gasteiger partial charge in [-0.15, -0.1) is 0 Å². The summed E-state index contributed by atoms with van der Waals surface area (Å²) in [6.07, 6.45) is 2.60. The number of amides is 2. The Balaban J connectivity index is 1.84. The fraction of sp³-hybridized carbons (Fsp3) is 0.524. The van der Waals surface area contributed by atoms with Gasteiger partial charge < -0.3 is 19.9 Å². The van der Waals surface area contributed by atoms with Gasteiger partial charge in [-0.3, -0.25) is 9.59 Å². The molecule has 0 spiro atoms. The lowest BCUT2D eigenvalue weighted by Crippen LogP contribution is -2.36. The number of hydrogen-bond donors (Lipinski definition) is 2. The molecular formula is C21H29N3O3. The van der Waals surface area contributed by atoms with E-state index in [0.717, 1.165) is 49.1 Å². The molecule has 2 heterocycles. The average molecular weight is 371 g/mol. The highest BCUT2D eigenvalue weighted by Gasteiger charge is 2.24. The molecule has 2 amide bonds. The molecule has 2 aromatic rings. The largest absolute Gasteiger partial charge is 0.381 e. The predicted octanol–water partition coefficient (Wildman–Crippen LogP) is 2.73. The predicted molar refractivity (Wildman–Crippen MR) is 106 cm³/mol. The molecule has 2 N–H and O–H groups in total. The summed E-state index contributed by atoms with van der Waals surface area (Å²) in [4.78, 5) is 29.7. The highest BCUT2D eigenvalue weighted by molar-refractivity contribution is 6.01. The van der Waals surface area contributed by atoms with Crippen LogP contribution in [0.5, 0.6) is 0 Å². The van der Waals surface area contributed by atoms with E-state index >= 15 is 0 Å². The number of benzene rings is 1. The van der Waals surface area contributed by atoms with Gasteiger partial charge in [0, 0.05) is 50.7 Å². The molecule has 0 aliphatic carbocycles. The van der Waals surface area contributed by atoms with E-state index in [1.54, 1.807) is 0 Å². The van der Waals surface area contributed by atoms with Crippen LogP contribution in [0.2, 0.25) is 0 Å². The summed E-state index contributed by atoms with van der Waals surface area (Å²) in [6.45, 7) is 5.76.